The third-order valence-electron chi connectivity index (χ3n) is 5.77. The number of morpholine rings is 1. The number of nitrogens with zero attached hydrogens (tertiary/aromatic N) is 3. The average molecular weight is 460 g/mol. The molecule has 7 heteroatoms. The Bertz CT molecular complexity index is 1260. The largest absolute Gasteiger partial charge is 0.474 e. The van der Waals surface area contributed by atoms with E-state index in [-0.39, 0.29) is 12.0 Å². The number of carbonyl (C=O) groups excluding carboxylic acids is 1. The molecule has 3 aromatic carbocycles. The zero-order valence-corrected chi connectivity index (χ0v) is 19.0. The van der Waals surface area contributed by atoms with Crippen molar-refractivity contribution in [2.45, 2.75) is 11.9 Å². The summed E-state index contributed by atoms with van der Waals surface area (Å²) in [5, 5.41) is 3.35. The van der Waals surface area contributed by atoms with Gasteiger partial charge in [-0.25, -0.2) is 9.97 Å². The van der Waals surface area contributed by atoms with Gasteiger partial charge in [0.1, 0.15) is 19.0 Å². The lowest BCUT2D eigenvalue weighted by molar-refractivity contribution is -0.137. The Labute approximate surface area is 196 Å². The molecule has 0 saturated carbocycles. The highest BCUT2D eigenvalue weighted by Crippen LogP contribution is 2.24. The lowest BCUT2D eigenvalue weighted by atomic mass is 10.1. The SMILES string of the molecule is O=C(CSCc1cccc2ccccc12)N1CCOC(COc2ncnc3ccccc23)C1. The maximum atomic E-state index is 12.8. The van der Waals surface area contributed by atoms with Crippen molar-refractivity contribution in [1.82, 2.24) is 14.9 Å². The van der Waals surface area contributed by atoms with Crippen molar-refractivity contribution in [1.29, 1.82) is 0 Å². The van der Waals surface area contributed by atoms with Gasteiger partial charge in [-0.05, 0) is 28.5 Å². The summed E-state index contributed by atoms with van der Waals surface area (Å²) in [7, 11) is 0. The molecule has 0 N–H and O–H groups in total. The Morgan fingerprint density at radius 3 is 2.79 bits per heavy atom. The number of hydrogen-bond donors (Lipinski definition) is 0. The van der Waals surface area contributed by atoms with Gasteiger partial charge in [-0.3, -0.25) is 4.79 Å². The fourth-order valence-corrected chi connectivity index (χ4v) is 5.00. The summed E-state index contributed by atoms with van der Waals surface area (Å²) >= 11 is 1.66. The van der Waals surface area contributed by atoms with Crippen LogP contribution in [0.4, 0.5) is 0 Å². The second-order valence-electron chi connectivity index (χ2n) is 7.97. The average Bonchev–Trinajstić information content (AvgIpc) is 2.87. The van der Waals surface area contributed by atoms with E-state index in [0.717, 1.165) is 16.7 Å². The van der Waals surface area contributed by atoms with Crippen molar-refractivity contribution in [2.75, 3.05) is 32.1 Å². The summed E-state index contributed by atoms with van der Waals surface area (Å²) in [6, 6.07) is 22.4. The van der Waals surface area contributed by atoms with E-state index in [0.29, 0.717) is 37.9 Å². The third kappa shape index (κ3) is 5.10. The summed E-state index contributed by atoms with van der Waals surface area (Å²) in [6.07, 6.45) is 1.32. The minimum absolute atomic E-state index is 0.140. The smallest absolute Gasteiger partial charge is 0.232 e. The summed E-state index contributed by atoms with van der Waals surface area (Å²) < 4.78 is 11.8. The normalized spacial score (nSPS) is 16.2. The summed E-state index contributed by atoms with van der Waals surface area (Å²) in [6.45, 7) is 1.99. The molecule has 2 heterocycles. The molecule has 1 amide bonds. The van der Waals surface area contributed by atoms with Gasteiger partial charge in [0.15, 0.2) is 0 Å². The number of rotatable bonds is 7. The van der Waals surface area contributed by atoms with E-state index in [2.05, 4.69) is 52.4 Å². The number of amides is 1. The molecule has 4 aromatic rings. The maximum absolute atomic E-state index is 12.8. The molecule has 5 rings (SSSR count). The maximum Gasteiger partial charge on any atom is 0.232 e. The van der Waals surface area contributed by atoms with E-state index >= 15 is 0 Å². The molecular weight excluding hydrogens is 434 g/mol. The number of aromatic nitrogens is 2. The molecule has 6 nitrogen and oxygen atoms in total. The van der Waals surface area contributed by atoms with Crippen LogP contribution in [-0.2, 0) is 15.3 Å². The Morgan fingerprint density at radius 1 is 1.03 bits per heavy atom. The molecule has 0 radical (unpaired) electrons. The van der Waals surface area contributed by atoms with Gasteiger partial charge in [0.05, 0.1) is 29.8 Å². The van der Waals surface area contributed by atoms with Gasteiger partial charge in [0, 0.05) is 12.3 Å². The van der Waals surface area contributed by atoms with Crippen LogP contribution in [0.1, 0.15) is 5.56 Å². The first-order valence-corrected chi connectivity index (χ1v) is 12.2. The topological polar surface area (TPSA) is 64.6 Å². The van der Waals surface area contributed by atoms with Crippen LogP contribution >= 0.6 is 11.8 Å². The van der Waals surface area contributed by atoms with Gasteiger partial charge >= 0.3 is 0 Å². The number of fused-ring (bicyclic) bond motifs is 2. The number of carbonyl (C=O) groups is 1. The van der Waals surface area contributed by atoms with Crippen LogP contribution in [0, 0.1) is 0 Å². The number of benzene rings is 3. The number of thioether (sulfide) groups is 1. The van der Waals surface area contributed by atoms with Crippen LogP contribution < -0.4 is 4.74 Å². The van der Waals surface area contributed by atoms with Crippen molar-refractivity contribution in [3.8, 4) is 5.88 Å². The molecule has 1 saturated heterocycles. The van der Waals surface area contributed by atoms with Crippen LogP contribution in [0.2, 0.25) is 0 Å². The Kier molecular flexibility index (Phi) is 6.69. The number of ether oxygens (including phenoxy) is 2. The van der Waals surface area contributed by atoms with Gasteiger partial charge < -0.3 is 14.4 Å². The van der Waals surface area contributed by atoms with Gasteiger partial charge in [0.2, 0.25) is 11.8 Å². The zero-order chi connectivity index (χ0) is 22.5. The highest BCUT2D eigenvalue weighted by atomic mass is 32.2. The summed E-state index contributed by atoms with van der Waals surface area (Å²) in [5.74, 6) is 1.94. The minimum Gasteiger partial charge on any atom is -0.474 e. The minimum atomic E-state index is -0.181. The quantitative estimate of drug-likeness (QED) is 0.410. The molecule has 0 spiro atoms. The molecule has 1 unspecified atom stereocenters. The molecule has 1 fully saturated rings. The molecule has 1 aliphatic heterocycles. The van der Waals surface area contributed by atoms with Gasteiger partial charge in [-0.2, -0.15) is 0 Å². The van der Waals surface area contributed by atoms with Gasteiger partial charge in [0.25, 0.3) is 0 Å². The van der Waals surface area contributed by atoms with E-state index in [1.54, 1.807) is 11.8 Å². The number of hydrogen-bond acceptors (Lipinski definition) is 6. The molecular formula is C26H25N3O3S. The first kappa shape index (κ1) is 21.7. The molecule has 1 aliphatic rings. The molecule has 33 heavy (non-hydrogen) atoms. The van der Waals surface area contributed by atoms with E-state index in [9.17, 15) is 4.79 Å². The Hall–Kier alpha value is -3.16. The lowest BCUT2D eigenvalue weighted by Crippen LogP contribution is -2.48. The second-order valence-corrected chi connectivity index (χ2v) is 8.96. The van der Waals surface area contributed by atoms with Crippen molar-refractivity contribution >= 4 is 39.3 Å². The van der Waals surface area contributed by atoms with Crippen molar-refractivity contribution in [3.05, 3.63) is 78.6 Å². The van der Waals surface area contributed by atoms with Crippen LogP contribution in [0.5, 0.6) is 5.88 Å². The van der Waals surface area contributed by atoms with Crippen LogP contribution in [-0.4, -0.2) is 58.9 Å². The van der Waals surface area contributed by atoms with E-state index in [1.807, 2.05) is 29.2 Å². The Balaban J connectivity index is 1.14. The van der Waals surface area contributed by atoms with Gasteiger partial charge in [-0.15, -0.1) is 11.8 Å². The third-order valence-corrected chi connectivity index (χ3v) is 6.73. The summed E-state index contributed by atoms with van der Waals surface area (Å²) in [4.78, 5) is 23.2. The molecule has 0 aliphatic carbocycles. The van der Waals surface area contributed by atoms with Crippen molar-refractivity contribution < 1.29 is 14.3 Å². The Morgan fingerprint density at radius 2 is 1.85 bits per heavy atom. The van der Waals surface area contributed by atoms with Crippen LogP contribution in [0.25, 0.3) is 21.7 Å². The predicted octanol–water partition coefficient (Wildman–Crippen LogP) is 4.32. The van der Waals surface area contributed by atoms with Crippen molar-refractivity contribution in [3.63, 3.8) is 0 Å². The summed E-state index contributed by atoms with van der Waals surface area (Å²) in [5.41, 5.74) is 2.10. The molecule has 168 valence electrons. The predicted molar refractivity (Wildman–Crippen MR) is 131 cm³/mol. The molecule has 0 bridgehead atoms. The second kappa shape index (κ2) is 10.2. The van der Waals surface area contributed by atoms with E-state index < -0.39 is 0 Å². The first-order chi connectivity index (χ1) is 16.3. The van der Waals surface area contributed by atoms with Crippen LogP contribution in [0.3, 0.4) is 0 Å². The lowest BCUT2D eigenvalue weighted by Gasteiger charge is -2.32. The van der Waals surface area contributed by atoms with Crippen molar-refractivity contribution in [2.24, 2.45) is 0 Å². The van der Waals surface area contributed by atoms with E-state index in [4.69, 9.17) is 9.47 Å². The molecule has 1 atom stereocenters. The first-order valence-electron chi connectivity index (χ1n) is 11.0. The zero-order valence-electron chi connectivity index (χ0n) is 18.2. The van der Waals surface area contributed by atoms with Gasteiger partial charge in [-0.1, -0.05) is 54.6 Å². The monoisotopic (exact) mass is 459 g/mol. The standard InChI is InChI=1S/C26H25N3O3S/c30-25(17-33-16-20-8-5-7-19-6-1-2-9-22(19)20)29-12-13-31-21(14-29)15-32-26-23-10-3-4-11-24(23)27-18-28-26/h1-11,18,21H,12-17H2. The fourth-order valence-electron chi connectivity index (χ4n) is 4.07. The van der Waals surface area contributed by atoms with E-state index in [1.165, 1.54) is 22.7 Å². The highest BCUT2D eigenvalue weighted by Gasteiger charge is 2.25. The fraction of sp³-hybridized carbons (Fsp3) is 0.269. The van der Waals surface area contributed by atoms with Crippen LogP contribution in [0.15, 0.2) is 73.1 Å². The highest BCUT2D eigenvalue weighted by molar-refractivity contribution is 7.99. The number of para-hydroxylation sites is 1. The molecule has 1 aromatic heterocycles.